The number of carbonyl (C=O) groups is 2. The van der Waals surface area contributed by atoms with Gasteiger partial charge >= 0.3 is 5.97 Å². The fourth-order valence-corrected chi connectivity index (χ4v) is 2.89. The van der Waals surface area contributed by atoms with Crippen molar-refractivity contribution in [2.75, 3.05) is 19.0 Å². The lowest BCUT2D eigenvalue weighted by Gasteiger charge is -2.07. The molecule has 0 aliphatic heterocycles. The maximum absolute atomic E-state index is 12.4. The summed E-state index contributed by atoms with van der Waals surface area (Å²) in [4.78, 5) is 23.8. The molecule has 0 saturated heterocycles. The van der Waals surface area contributed by atoms with Crippen molar-refractivity contribution in [1.82, 2.24) is 0 Å². The summed E-state index contributed by atoms with van der Waals surface area (Å²) in [5.41, 5.74) is 1.47. The number of anilines is 1. The second kappa shape index (κ2) is 10.3. The van der Waals surface area contributed by atoms with Crippen LogP contribution in [0.25, 0.3) is 6.08 Å². The summed E-state index contributed by atoms with van der Waals surface area (Å²) in [5.74, 6) is -0.313. The zero-order valence-corrected chi connectivity index (χ0v) is 17.2. The number of carbonyl (C=O) groups excluding carboxylic acids is 2. The number of benzene rings is 2. The van der Waals surface area contributed by atoms with Crippen molar-refractivity contribution in [2.24, 2.45) is 0 Å². The first kappa shape index (κ1) is 21.2. The Morgan fingerprint density at radius 3 is 2.54 bits per heavy atom. The van der Waals surface area contributed by atoms with Crippen LogP contribution in [0, 0.1) is 14.9 Å². The van der Waals surface area contributed by atoms with E-state index in [9.17, 15) is 14.9 Å². The van der Waals surface area contributed by atoms with Gasteiger partial charge < -0.3 is 14.8 Å². The molecule has 0 bridgehead atoms. The Kier molecular flexibility index (Phi) is 7.77. The van der Waals surface area contributed by atoms with Gasteiger partial charge in [0.1, 0.15) is 24.0 Å². The molecule has 0 aromatic heterocycles. The summed E-state index contributed by atoms with van der Waals surface area (Å²) >= 11 is 2.12. The number of nitrogens with zero attached hydrogens (tertiary/aromatic N) is 1. The van der Waals surface area contributed by atoms with Crippen LogP contribution in [0.1, 0.15) is 15.9 Å². The predicted octanol–water partition coefficient (Wildman–Crippen LogP) is 4.19. The Bertz CT molecular complexity index is 959. The average molecular weight is 488 g/mol. The normalized spacial score (nSPS) is 10.5. The van der Waals surface area contributed by atoms with Crippen LogP contribution >= 0.6 is 22.6 Å². The van der Waals surface area contributed by atoms with Crippen LogP contribution in [0.15, 0.2) is 60.7 Å². The van der Waals surface area contributed by atoms with Gasteiger partial charge in [0.25, 0.3) is 5.91 Å². The molecule has 6 nitrogen and oxygen atoms in total. The molecule has 2 aromatic carbocycles. The minimum atomic E-state index is -0.546. The monoisotopic (exact) mass is 488 g/mol. The fraction of sp³-hybridized carbons (Fsp3) is 0.0952. The fourth-order valence-electron chi connectivity index (χ4n) is 2.19. The lowest BCUT2D eigenvalue weighted by atomic mass is 10.1. The molecule has 1 N–H and O–H groups in total. The lowest BCUT2D eigenvalue weighted by Crippen LogP contribution is -2.13. The molecule has 0 aliphatic rings. The van der Waals surface area contributed by atoms with E-state index in [-0.39, 0.29) is 5.57 Å². The van der Waals surface area contributed by atoms with Crippen LogP contribution in [0.5, 0.6) is 5.75 Å². The number of hydrogen-bond donors (Lipinski definition) is 1. The quantitative estimate of drug-likeness (QED) is 0.208. The van der Waals surface area contributed by atoms with Gasteiger partial charge in [-0.15, -0.1) is 0 Å². The molecule has 142 valence electrons. The van der Waals surface area contributed by atoms with Gasteiger partial charge in [-0.1, -0.05) is 18.7 Å². The second-order valence-corrected chi connectivity index (χ2v) is 6.64. The summed E-state index contributed by atoms with van der Waals surface area (Å²) in [5, 5.41) is 12.0. The summed E-state index contributed by atoms with van der Waals surface area (Å²) in [7, 11) is 1.29. The van der Waals surface area contributed by atoms with E-state index in [0.717, 1.165) is 3.57 Å². The average Bonchev–Trinajstić information content (AvgIpc) is 2.71. The minimum Gasteiger partial charge on any atom is -0.488 e. The van der Waals surface area contributed by atoms with Crippen LogP contribution in [0.3, 0.4) is 0 Å². The third-order valence-corrected chi connectivity index (χ3v) is 4.40. The number of halogens is 1. The molecule has 7 heteroatoms. The molecule has 1 amide bonds. The number of methoxy groups -OCH3 is 1. The Morgan fingerprint density at radius 2 is 1.96 bits per heavy atom. The zero-order chi connectivity index (χ0) is 20.5. The van der Waals surface area contributed by atoms with Gasteiger partial charge in [-0.05, 0) is 70.6 Å². The van der Waals surface area contributed by atoms with E-state index in [1.165, 1.54) is 25.3 Å². The first-order valence-electron chi connectivity index (χ1n) is 8.13. The second-order valence-electron chi connectivity index (χ2n) is 5.48. The van der Waals surface area contributed by atoms with E-state index < -0.39 is 11.9 Å². The van der Waals surface area contributed by atoms with E-state index in [2.05, 4.69) is 39.2 Å². The van der Waals surface area contributed by atoms with Gasteiger partial charge in [0.15, 0.2) is 0 Å². The van der Waals surface area contributed by atoms with Crippen LogP contribution in [0.2, 0.25) is 0 Å². The SMILES string of the molecule is C=CCOc1ccc(/C=C(\C#N)C(=O)Nc2ccc(C(=O)OC)cc2)cc1I. The summed E-state index contributed by atoms with van der Waals surface area (Å²) < 4.78 is 11.0. The maximum atomic E-state index is 12.4. The molecular formula is C21H17IN2O4. The number of amides is 1. The van der Waals surface area contributed by atoms with Crippen LogP contribution < -0.4 is 10.1 Å². The molecule has 2 aromatic rings. The van der Waals surface area contributed by atoms with Crippen LogP contribution in [-0.2, 0) is 9.53 Å². The van der Waals surface area contributed by atoms with Crippen molar-refractivity contribution in [3.8, 4) is 11.8 Å². The molecule has 0 unspecified atom stereocenters. The molecule has 28 heavy (non-hydrogen) atoms. The molecule has 0 fully saturated rings. The summed E-state index contributed by atoms with van der Waals surface area (Å²) in [6.45, 7) is 4.00. The number of esters is 1. The Balaban J connectivity index is 2.14. The minimum absolute atomic E-state index is 0.0485. The van der Waals surface area contributed by atoms with Gasteiger partial charge in [-0.2, -0.15) is 5.26 Å². The largest absolute Gasteiger partial charge is 0.488 e. The van der Waals surface area contributed by atoms with Crippen molar-refractivity contribution >= 4 is 46.2 Å². The van der Waals surface area contributed by atoms with Gasteiger partial charge in [-0.3, -0.25) is 4.79 Å². The van der Waals surface area contributed by atoms with Crippen molar-refractivity contribution in [3.05, 3.63) is 75.4 Å². The Labute approximate surface area is 176 Å². The molecule has 0 saturated carbocycles. The first-order chi connectivity index (χ1) is 13.5. The highest BCUT2D eigenvalue weighted by Gasteiger charge is 2.11. The van der Waals surface area contributed by atoms with Crippen molar-refractivity contribution in [1.29, 1.82) is 5.26 Å². The van der Waals surface area contributed by atoms with Crippen molar-refractivity contribution < 1.29 is 19.1 Å². The van der Waals surface area contributed by atoms with Gasteiger partial charge in [0, 0.05) is 5.69 Å². The maximum Gasteiger partial charge on any atom is 0.337 e. The van der Waals surface area contributed by atoms with Crippen molar-refractivity contribution in [2.45, 2.75) is 0 Å². The third kappa shape index (κ3) is 5.69. The highest BCUT2D eigenvalue weighted by atomic mass is 127. The van der Waals surface area contributed by atoms with Crippen LogP contribution in [-0.4, -0.2) is 25.6 Å². The molecule has 2 rings (SSSR count). The summed E-state index contributed by atoms with van der Waals surface area (Å²) in [6.07, 6.45) is 3.15. The Morgan fingerprint density at radius 1 is 1.25 bits per heavy atom. The number of ether oxygens (including phenoxy) is 2. The van der Waals surface area contributed by atoms with E-state index in [1.54, 1.807) is 30.3 Å². The molecular weight excluding hydrogens is 471 g/mol. The van der Waals surface area contributed by atoms with Gasteiger partial charge in [-0.25, -0.2) is 4.79 Å². The number of hydrogen-bond acceptors (Lipinski definition) is 5. The predicted molar refractivity (Wildman–Crippen MR) is 115 cm³/mol. The number of nitrogens with one attached hydrogen (secondary N) is 1. The number of rotatable bonds is 7. The third-order valence-electron chi connectivity index (χ3n) is 3.55. The number of nitriles is 1. The molecule has 0 heterocycles. The highest BCUT2D eigenvalue weighted by Crippen LogP contribution is 2.23. The smallest absolute Gasteiger partial charge is 0.337 e. The summed E-state index contributed by atoms with van der Waals surface area (Å²) in [6, 6.07) is 13.4. The first-order valence-corrected chi connectivity index (χ1v) is 9.21. The van der Waals surface area contributed by atoms with E-state index in [1.807, 2.05) is 12.1 Å². The Hall–Kier alpha value is -3.12. The highest BCUT2D eigenvalue weighted by molar-refractivity contribution is 14.1. The zero-order valence-electron chi connectivity index (χ0n) is 15.1. The van der Waals surface area contributed by atoms with Gasteiger partial charge in [0.05, 0.1) is 16.2 Å². The van der Waals surface area contributed by atoms with E-state index in [0.29, 0.717) is 29.2 Å². The molecule has 0 radical (unpaired) electrons. The molecule has 0 aliphatic carbocycles. The molecule has 0 atom stereocenters. The van der Waals surface area contributed by atoms with E-state index in [4.69, 9.17) is 4.74 Å². The van der Waals surface area contributed by atoms with E-state index >= 15 is 0 Å². The van der Waals surface area contributed by atoms with Crippen LogP contribution in [0.4, 0.5) is 5.69 Å². The topological polar surface area (TPSA) is 88.4 Å². The molecule has 0 spiro atoms. The standard InChI is InChI=1S/C21H17IN2O4/c1-3-10-28-19-9-4-14(12-18(19)22)11-16(13-23)20(25)24-17-7-5-15(6-8-17)21(26)27-2/h3-9,11-12H,1,10H2,2H3,(H,24,25)/b16-11+. The lowest BCUT2D eigenvalue weighted by molar-refractivity contribution is -0.112. The van der Waals surface area contributed by atoms with Gasteiger partial charge in [0.2, 0.25) is 0 Å². The van der Waals surface area contributed by atoms with Crippen molar-refractivity contribution in [3.63, 3.8) is 0 Å².